The highest BCUT2D eigenvalue weighted by Crippen LogP contribution is 2.31. The third-order valence-corrected chi connectivity index (χ3v) is 7.20. The number of thiazole rings is 1. The lowest BCUT2D eigenvalue weighted by Gasteiger charge is -2.13. The van der Waals surface area contributed by atoms with Crippen molar-refractivity contribution in [3.8, 4) is 33.1 Å². The minimum absolute atomic E-state index is 0.0478. The molecule has 6 aromatic rings. The number of aromatic amines is 1. The van der Waals surface area contributed by atoms with Crippen LogP contribution in [0.3, 0.4) is 0 Å². The Hall–Kier alpha value is -4.63. The monoisotopic (exact) mass is 505 g/mol. The van der Waals surface area contributed by atoms with Gasteiger partial charge in [-0.15, -0.1) is 11.3 Å². The molecule has 37 heavy (non-hydrogen) atoms. The van der Waals surface area contributed by atoms with E-state index in [1.54, 1.807) is 35.3 Å². The van der Waals surface area contributed by atoms with Gasteiger partial charge in [0.2, 0.25) is 0 Å². The van der Waals surface area contributed by atoms with Crippen LogP contribution in [0, 0.1) is 13.8 Å². The molecule has 0 atom stereocenters. The predicted octanol–water partition coefficient (Wildman–Crippen LogP) is 5.87. The van der Waals surface area contributed by atoms with E-state index in [0.29, 0.717) is 11.4 Å². The molecule has 0 saturated heterocycles. The number of hydrogen-bond acceptors (Lipinski definition) is 7. The molecule has 182 valence electrons. The van der Waals surface area contributed by atoms with Crippen molar-refractivity contribution < 1.29 is 0 Å². The van der Waals surface area contributed by atoms with Crippen LogP contribution in [0.4, 0.5) is 11.5 Å². The van der Waals surface area contributed by atoms with Crippen LogP contribution in [0.25, 0.3) is 44.0 Å². The van der Waals surface area contributed by atoms with Crippen molar-refractivity contribution in [2.75, 3.05) is 5.32 Å². The molecule has 0 aliphatic rings. The van der Waals surface area contributed by atoms with E-state index in [0.717, 1.165) is 55.4 Å². The molecule has 0 spiro atoms. The van der Waals surface area contributed by atoms with E-state index in [1.165, 1.54) is 0 Å². The van der Waals surface area contributed by atoms with Crippen molar-refractivity contribution in [2.24, 2.45) is 7.05 Å². The molecule has 2 N–H and O–H groups in total. The van der Waals surface area contributed by atoms with Crippen LogP contribution in [0.5, 0.6) is 0 Å². The van der Waals surface area contributed by atoms with Crippen LogP contribution >= 0.6 is 11.3 Å². The molecule has 9 heteroatoms. The molecule has 0 unspecified atom stereocenters. The summed E-state index contributed by atoms with van der Waals surface area (Å²) in [4.78, 5) is 26.6. The first-order valence-electron chi connectivity index (χ1n) is 11.7. The lowest BCUT2D eigenvalue weighted by Crippen LogP contribution is -2.19. The molecule has 6 rings (SSSR count). The van der Waals surface area contributed by atoms with Crippen molar-refractivity contribution in [3.05, 3.63) is 94.1 Å². The molecule has 0 bridgehead atoms. The second-order valence-corrected chi connectivity index (χ2v) is 9.77. The quantitative estimate of drug-likeness (QED) is 0.304. The van der Waals surface area contributed by atoms with E-state index in [1.807, 2.05) is 74.0 Å². The average Bonchev–Trinajstić information content (AvgIpc) is 3.58. The van der Waals surface area contributed by atoms with Gasteiger partial charge in [-0.3, -0.25) is 19.9 Å². The molecule has 1 aromatic carbocycles. The number of pyridine rings is 3. The van der Waals surface area contributed by atoms with E-state index in [4.69, 9.17) is 4.98 Å². The molecular weight excluding hydrogens is 482 g/mol. The number of hydrogen-bond donors (Lipinski definition) is 2. The number of H-pyrrole nitrogens is 1. The highest BCUT2D eigenvalue weighted by atomic mass is 32.1. The van der Waals surface area contributed by atoms with Gasteiger partial charge in [-0.1, -0.05) is 6.07 Å². The van der Waals surface area contributed by atoms with Crippen LogP contribution in [0.2, 0.25) is 0 Å². The number of fused-ring (bicyclic) bond motifs is 1. The van der Waals surface area contributed by atoms with Crippen molar-refractivity contribution in [1.82, 2.24) is 29.7 Å². The van der Waals surface area contributed by atoms with E-state index in [2.05, 4.69) is 25.5 Å². The van der Waals surface area contributed by atoms with E-state index in [9.17, 15) is 4.79 Å². The van der Waals surface area contributed by atoms with E-state index < -0.39 is 0 Å². The number of anilines is 2. The number of benzene rings is 1. The van der Waals surface area contributed by atoms with Gasteiger partial charge in [0, 0.05) is 65.0 Å². The fourth-order valence-electron chi connectivity index (χ4n) is 4.33. The SMILES string of the molecule is Cc1cc2c(cn1)cc(-c1cc(Nc3cc(-c4csc(-c5cccnc5)n4)[nH]n3)ccc1C)c(=O)n2C. The number of aromatic nitrogens is 6. The zero-order valence-corrected chi connectivity index (χ0v) is 21.3. The van der Waals surface area contributed by atoms with Crippen LogP contribution in [0.1, 0.15) is 11.3 Å². The van der Waals surface area contributed by atoms with Crippen molar-refractivity contribution in [3.63, 3.8) is 0 Å². The minimum Gasteiger partial charge on any atom is -0.339 e. The Kier molecular flexibility index (Phi) is 5.61. The summed E-state index contributed by atoms with van der Waals surface area (Å²) in [6.45, 7) is 3.93. The summed E-state index contributed by atoms with van der Waals surface area (Å²) in [6, 6.07) is 15.6. The first-order valence-corrected chi connectivity index (χ1v) is 12.6. The minimum atomic E-state index is -0.0478. The fraction of sp³-hybridized carbons (Fsp3) is 0.107. The molecule has 5 aromatic heterocycles. The van der Waals surface area contributed by atoms with Crippen molar-refractivity contribution in [1.29, 1.82) is 0 Å². The molecular formula is C28H23N7OS. The molecule has 0 fully saturated rings. The summed E-state index contributed by atoms with van der Waals surface area (Å²) in [5, 5.41) is 14.6. The third-order valence-electron chi connectivity index (χ3n) is 6.31. The molecule has 0 saturated carbocycles. The summed E-state index contributed by atoms with van der Waals surface area (Å²) in [5.41, 5.74) is 7.65. The van der Waals surface area contributed by atoms with Crippen molar-refractivity contribution >= 4 is 33.7 Å². The van der Waals surface area contributed by atoms with Gasteiger partial charge in [0.05, 0.1) is 16.9 Å². The number of nitrogens with one attached hydrogen (secondary N) is 2. The summed E-state index contributed by atoms with van der Waals surface area (Å²) in [6.07, 6.45) is 5.36. The van der Waals surface area contributed by atoms with Crippen LogP contribution < -0.4 is 10.9 Å². The van der Waals surface area contributed by atoms with Gasteiger partial charge >= 0.3 is 0 Å². The lowest BCUT2D eigenvalue weighted by atomic mass is 9.99. The van der Waals surface area contributed by atoms with Gasteiger partial charge < -0.3 is 9.88 Å². The standard InChI is InChI=1S/C28H23N7OS/c1-16-6-7-20(11-21(16)22-10-19-14-30-17(2)9-25(19)35(3)28(22)36)31-26-12-23(33-34-26)24-15-37-27(32-24)18-5-4-8-29-13-18/h4-15H,1-3H3,(H2,31,33,34). The summed E-state index contributed by atoms with van der Waals surface area (Å²) in [5.74, 6) is 0.659. The smallest absolute Gasteiger partial charge is 0.258 e. The number of aryl methyl sites for hydroxylation is 3. The molecule has 0 aliphatic heterocycles. The highest BCUT2D eigenvalue weighted by molar-refractivity contribution is 7.13. The van der Waals surface area contributed by atoms with Gasteiger partial charge in [-0.2, -0.15) is 5.10 Å². The Morgan fingerprint density at radius 1 is 1.03 bits per heavy atom. The molecule has 0 amide bonds. The maximum atomic E-state index is 13.3. The zero-order chi connectivity index (χ0) is 25.5. The number of nitrogens with zero attached hydrogens (tertiary/aromatic N) is 5. The number of rotatable bonds is 5. The largest absolute Gasteiger partial charge is 0.339 e. The third kappa shape index (κ3) is 4.30. The van der Waals surface area contributed by atoms with Gasteiger partial charge in [0.15, 0.2) is 5.82 Å². The Bertz CT molecular complexity index is 1820. The Morgan fingerprint density at radius 3 is 2.76 bits per heavy atom. The van der Waals surface area contributed by atoms with Gasteiger partial charge in [0.25, 0.3) is 5.56 Å². The van der Waals surface area contributed by atoms with Crippen LogP contribution in [0.15, 0.2) is 77.3 Å². The summed E-state index contributed by atoms with van der Waals surface area (Å²) < 4.78 is 1.69. The predicted molar refractivity (Wildman–Crippen MR) is 148 cm³/mol. The normalized spacial score (nSPS) is 11.2. The Balaban J connectivity index is 1.30. The molecule has 0 aliphatic carbocycles. The summed E-state index contributed by atoms with van der Waals surface area (Å²) in [7, 11) is 1.80. The van der Waals surface area contributed by atoms with Gasteiger partial charge in [-0.25, -0.2) is 4.98 Å². The topological polar surface area (TPSA) is 101 Å². The second-order valence-electron chi connectivity index (χ2n) is 8.91. The Morgan fingerprint density at radius 2 is 1.92 bits per heavy atom. The van der Waals surface area contributed by atoms with Crippen molar-refractivity contribution in [2.45, 2.75) is 13.8 Å². The van der Waals surface area contributed by atoms with Crippen LogP contribution in [-0.4, -0.2) is 29.7 Å². The molecule has 0 radical (unpaired) electrons. The van der Waals surface area contributed by atoms with E-state index >= 15 is 0 Å². The lowest BCUT2D eigenvalue weighted by molar-refractivity contribution is 0.905. The zero-order valence-electron chi connectivity index (χ0n) is 20.5. The fourth-order valence-corrected chi connectivity index (χ4v) is 5.14. The maximum Gasteiger partial charge on any atom is 0.258 e. The Labute approximate surface area is 216 Å². The molecule has 8 nitrogen and oxygen atoms in total. The van der Waals surface area contributed by atoms with Gasteiger partial charge in [-0.05, 0) is 61.4 Å². The average molecular weight is 506 g/mol. The first-order chi connectivity index (χ1) is 18.0. The van der Waals surface area contributed by atoms with E-state index in [-0.39, 0.29) is 5.56 Å². The summed E-state index contributed by atoms with van der Waals surface area (Å²) >= 11 is 1.56. The van der Waals surface area contributed by atoms with Crippen LogP contribution in [-0.2, 0) is 7.05 Å². The molecule has 5 heterocycles. The first kappa shape index (κ1) is 22.8. The second kappa shape index (κ2) is 9.11. The highest BCUT2D eigenvalue weighted by Gasteiger charge is 2.14. The van der Waals surface area contributed by atoms with Gasteiger partial charge in [0.1, 0.15) is 5.01 Å². The maximum absolute atomic E-state index is 13.3.